The highest BCUT2D eigenvalue weighted by Crippen LogP contribution is 2.40. The van der Waals surface area contributed by atoms with E-state index in [0.29, 0.717) is 22.1 Å². The summed E-state index contributed by atoms with van der Waals surface area (Å²) in [5.74, 6) is 0.206. The molecule has 0 radical (unpaired) electrons. The number of phenolic OH excluding ortho intramolecular Hbond substituents is 1. The van der Waals surface area contributed by atoms with Gasteiger partial charge in [0.2, 0.25) is 9.84 Å². The van der Waals surface area contributed by atoms with Crippen LogP contribution in [0.1, 0.15) is 58.2 Å². The minimum Gasteiger partial charge on any atom is -0.507 e. The van der Waals surface area contributed by atoms with E-state index in [0.717, 1.165) is 5.39 Å². The average molecular weight is 448 g/mol. The first-order valence-corrected chi connectivity index (χ1v) is 12.0. The van der Waals surface area contributed by atoms with Crippen LogP contribution in [0.25, 0.3) is 16.8 Å². The molecule has 0 saturated heterocycles. The maximum atomic E-state index is 13.5. The lowest BCUT2D eigenvalue weighted by molar-refractivity contribution is 0.423. The van der Waals surface area contributed by atoms with Gasteiger partial charge in [0.15, 0.2) is 0 Å². The van der Waals surface area contributed by atoms with Crippen molar-refractivity contribution in [2.24, 2.45) is 0 Å². The van der Waals surface area contributed by atoms with Crippen LogP contribution in [-0.4, -0.2) is 13.5 Å². The Balaban J connectivity index is 2.27. The lowest BCUT2D eigenvalue weighted by atomic mass is 9.78. The molecule has 0 atom stereocenters. The van der Waals surface area contributed by atoms with Gasteiger partial charge in [0.05, 0.1) is 4.90 Å². The van der Waals surface area contributed by atoms with Gasteiger partial charge in [-0.15, -0.1) is 0 Å². The predicted molar refractivity (Wildman–Crippen MR) is 130 cm³/mol. The molecule has 0 fully saturated rings. The summed E-state index contributed by atoms with van der Waals surface area (Å²) in [6.45, 7) is 11.9. The second-order valence-corrected chi connectivity index (χ2v) is 12.0. The van der Waals surface area contributed by atoms with Crippen molar-refractivity contribution in [1.82, 2.24) is 0 Å². The molecule has 3 aromatic rings. The van der Waals surface area contributed by atoms with E-state index in [-0.39, 0.29) is 26.4 Å². The number of allylic oxidation sites excluding steroid dienone is 1. The topological polar surface area (TPSA) is 78.2 Å². The molecule has 32 heavy (non-hydrogen) atoms. The summed E-state index contributed by atoms with van der Waals surface area (Å²) < 4.78 is 26.9. The molecule has 1 N–H and O–H groups in total. The molecule has 0 aliphatic carbocycles. The Kier molecular flexibility index (Phi) is 5.97. The van der Waals surface area contributed by atoms with Crippen molar-refractivity contribution in [2.75, 3.05) is 0 Å². The van der Waals surface area contributed by atoms with Crippen molar-refractivity contribution in [3.8, 4) is 11.8 Å². The largest absolute Gasteiger partial charge is 0.507 e. The summed E-state index contributed by atoms with van der Waals surface area (Å²) in [7, 11) is -4.05. The Morgan fingerprint density at radius 1 is 0.906 bits per heavy atom. The summed E-state index contributed by atoms with van der Waals surface area (Å²) in [4.78, 5) is -0.228. The van der Waals surface area contributed by atoms with E-state index >= 15 is 0 Å². The van der Waals surface area contributed by atoms with Crippen molar-refractivity contribution < 1.29 is 13.5 Å². The number of fused-ring (bicyclic) bond motifs is 1. The quantitative estimate of drug-likeness (QED) is 0.466. The molecule has 4 nitrogen and oxygen atoms in total. The van der Waals surface area contributed by atoms with Crippen LogP contribution in [0.2, 0.25) is 0 Å². The van der Waals surface area contributed by atoms with Crippen molar-refractivity contribution >= 4 is 26.7 Å². The van der Waals surface area contributed by atoms with E-state index in [1.807, 2.05) is 65.8 Å². The zero-order valence-corrected chi connectivity index (χ0v) is 20.2. The third-order valence-electron chi connectivity index (χ3n) is 5.48. The highest BCUT2D eigenvalue weighted by Gasteiger charge is 2.28. The van der Waals surface area contributed by atoms with Crippen LogP contribution in [0.15, 0.2) is 64.4 Å². The van der Waals surface area contributed by atoms with Crippen LogP contribution < -0.4 is 0 Å². The molecule has 0 spiro atoms. The van der Waals surface area contributed by atoms with E-state index in [9.17, 15) is 18.8 Å². The van der Waals surface area contributed by atoms with Crippen molar-refractivity contribution in [1.29, 1.82) is 5.26 Å². The molecule has 0 aliphatic rings. The molecular formula is C27H29NO3S. The smallest absolute Gasteiger partial charge is 0.217 e. The van der Waals surface area contributed by atoms with Gasteiger partial charge in [0, 0.05) is 16.5 Å². The summed E-state index contributed by atoms with van der Waals surface area (Å²) in [5.41, 5.74) is 1.25. The SMILES string of the molecule is CC(C)(C)c1cc(C=C(C#N)S(=O)(=O)c2cccc3ccccc23)cc(C(C)(C)C)c1O. The number of phenols is 1. The molecule has 0 aromatic heterocycles. The maximum absolute atomic E-state index is 13.5. The second-order valence-electron chi connectivity index (χ2n) is 10.1. The summed E-state index contributed by atoms with van der Waals surface area (Å²) >= 11 is 0. The van der Waals surface area contributed by atoms with Crippen LogP contribution in [0.3, 0.4) is 0 Å². The first kappa shape index (κ1) is 23.6. The van der Waals surface area contributed by atoms with Gasteiger partial charge in [-0.2, -0.15) is 5.26 Å². The van der Waals surface area contributed by atoms with Gasteiger partial charge in [-0.05, 0) is 46.1 Å². The molecule has 5 heteroatoms. The minimum absolute atomic E-state index is 0.106. The highest BCUT2D eigenvalue weighted by molar-refractivity contribution is 7.96. The van der Waals surface area contributed by atoms with E-state index < -0.39 is 9.84 Å². The first-order valence-electron chi connectivity index (χ1n) is 10.5. The Morgan fingerprint density at radius 3 is 1.97 bits per heavy atom. The number of nitrogens with zero attached hydrogens (tertiary/aromatic N) is 1. The Labute approximate surface area is 190 Å². The summed E-state index contributed by atoms with van der Waals surface area (Å²) in [5, 5.41) is 22.1. The Hall–Kier alpha value is -3.10. The lowest BCUT2D eigenvalue weighted by Crippen LogP contribution is -2.17. The Morgan fingerprint density at radius 2 is 1.44 bits per heavy atom. The molecule has 0 bridgehead atoms. The average Bonchev–Trinajstić information content (AvgIpc) is 2.70. The first-order chi connectivity index (χ1) is 14.8. The van der Waals surface area contributed by atoms with E-state index in [1.165, 1.54) is 12.1 Å². The van der Waals surface area contributed by atoms with Crippen molar-refractivity contribution in [3.63, 3.8) is 0 Å². The van der Waals surface area contributed by atoms with E-state index in [4.69, 9.17) is 0 Å². The number of hydrogen-bond acceptors (Lipinski definition) is 4. The number of nitriles is 1. The van der Waals surface area contributed by atoms with Crippen LogP contribution in [0.5, 0.6) is 5.75 Å². The van der Waals surface area contributed by atoms with Crippen LogP contribution in [0.4, 0.5) is 0 Å². The number of sulfone groups is 1. The number of benzene rings is 3. The van der Waals surface area contributed by atoms with Crippen molar-refractivity contribution in [2.45, 2.75) is 57.3 Å². The fourth-order valence-corrected chi connectivity index (χ4v) is 5.13. The van der Waals surface area contributed by atoms with E-state index in [2.05, 4.69) is 0 Å². The molecule has 166 valence electrons. The van der Waals surface area contributed by atoms with Gasteiger partial charge in [0.25, 0.3) is 0 Å². The van der Waals surface area contributed by atoms with Gasteiger partial charge in [-0.3, -0.25) is 0 Å². The van der Waals surface area contributed by atoms with Gasteiger partial charge >= 0.3 is 0 Å². The molecule has 3 aromatic carbocycles. The standard InChI is InChI=1S/C27H29NO3S/c1-26(2,3)22-15-18(16-23(25(22)29)27(4,5)6)14-20(17-28)32(30,31)24-13-9-11-19-10-7-8-12-21(19)24/h7-16,29H,1-6H3. The van der Waals surface area contributed by atoms with Gasteiger partial charge < -0.3 is 5.11 Å². The highest BCUT2D eigenvalue weighted by atomic mass is 32.2. The normalized spacial score (nSPS) is 13.2. The molecule has 0 heterocycles. The van der Waals surface area contributed by atoms with E-state index in [1.54, 1.807) is 30.3 Å². The fourth-order valence-electron chi connectivity index (χ4n) is 3.75. The fraction of sp³-hybridized carbons (Fsp3) is 0.296. The second kappa shape index (κ2) is 8.11. The minimum atomic E-state index is -4.05. The van der Waals surface area contributed by atoms with Crippen LogP contribution in [-0.2, 0) is 20.7 Å². The summed E-state index contributed by atoms with van der Waals surface area (Å²) in [6.07, 6.45) is 1.40. The third-order valence-corrected chi connectivity index (χ3v) is 7.21. The van der Waals surface area contributed by atoms with Crippen LogP contribution in [0, 0.1) is 11.3 Å². The molecule has 3 rings (SSSR count). The van der Waals surface area contributed by atoms with Gasteiger partial charge in [-0.25, -0.2) is 8.42 Å². The molecule has 0 unspecified atom stereocenters. The maximum Gasteiger partial charge on any atom is 0.217 e. The van der Waals surface area contributed by atoms with Crippen molar-refractivity contribution in [3.05, 3.63) is 76.2 Å². The number of aromatic hydroxyl groups is 1. The van der Waals surface area contributed by atoms with Gasteiger partial charge in [0.1, 0.15) is 16.7 Å². The lowest BCUT2D eigenvalue weighted by Gasteiger charge is -2.28. The zero-order valence-electron chi connectivity index (χ0n) is 19.4. The zero-order chi connectivity index (χ0) is 23.9. The number of hydrogen-bond donors (Lipinski definition) is 1. The third kappa shape index (κ3) is 4.42. The summed E-state index contributed by atoms with van der Waals surface area (Å²) in [6, 6.07) is 17.7. The number of rotatable bonds is 3. The monoisotopic (exact) mass is 447 g/mol. The molecular weight excluding hydrogens is 418 g/mol. The van der Waals surface area contributed by atoms with Gasteiger partial charge in [-0.1, -0.05) is 77.9 Å². The molecule has 0 amide bonds. The molecule has 0 aliphatic heterocycles. The predicted octanol–water partition coefficient (Wildman–Crippen LogP) is 6.48. The molecule has 0 saturated carbocycles. The Bertz CT molecular complexity index is 1320. The van der Waals surface area contributed by atoms with Crippen LogP contribution >= 0.6 is 0 Å².